The summed E-state index contributed by atoms with van der Waals surface area (Å²) in [5.74, 6) is 2.70. The predicted octanol–water partition coefficient (Wildman–Crippen LogP) is 3.00. The summed E-state index contributed by atoms with van der Waals surface area (Å²) >= 11 is 0. The molecule has 1 amide bonds. The Labute approximate surface area is 126 Å². The lowest BCUT2D eigenvalue weighted by atomic mass is 9.88. The number of likely N-dealkylation sites (N-methyl/N-ethyl adjacent to an activating group) is 1. The number of benzene rings is 1. The Morgan fingerprint density at radius 1 is 1.29 bits per heavy atom. The minimum absolute atomic E-state index is 0.183. The van der Waals surface area contributed by atoms with Crippen LogP contribution in [0.2, 0.25) is 0 Å². The van der Waals surface area contributed by atoms with Crippen molar-refractivity contribution in [3.05, 3.63) is 35.4 Å². The van der Waals surface area contributed by atoms with Gasteiger partial charge in [0.1, 0.15) is 0 Å². The lowest BCUT2D eigenvalue weighted by Crippen LogP contribution is -2.34. The fourth-order valence-electron chi connectivity index (χ4n) is 4.06. The quantitative estimate of drug-likeness (QED) is 0.852. The van der Waals surface area contributed by atoms with Crippen molar-refractivity contribution in [3.8, 4) is 6.07 Å². The first-order chi connectivity index (χ1) is 10.2. The summed E-state index contributed by atoms with van der Waals surface area (Å²) in [7, 11) is 1.93. The van der Waals surface area contributed by atoms with Crippen molar-refractivity contribution in [2.24, 2.45) is 17.8 Å². The summed E-state index contributed by atoms with van der Waals surface area (Å²) in [6.45, 7) is 0.913. The molecule has 21 heavy (non-hydrogen) atoms. The molecule has 0 aliphatic heterocycles. The number of hydrogen-bond acceptors (Lipinski definition) is 2. The second-order valence-electron chi connectivity index (χ2n) is 6.69. The second-order valence-corrected chi connectivity index (χ2v) is 6.69. The molecule has 1 aromatic carbocycles. The van der Waals surface area contributed by atoms with Crippen LogP contribution in [0.5, 0.6) is 0 Å². The van der Waals surface area contributed by atoms with Gasteiger partial charge >= 0.3 is 0 Å². The molecule has 3 heteroatoms. The van der Waals surface area contributed by atoms with Crippen LogP contribution in [-0.4, -0.2) is 24.4 Å². The molecular weight excluding hydrogens is 260 g/mol. The monoisotopic (exact) mass is 282 g/mol. The number of hydrogen-bond donors (Lipinski definition) is 0. The Morgan fingerprint density at radius 3 is 2.62 bits per heavy atom. The maximum atomic E-state index is 12.3. The Balaban J connectivity index is 1.53. The van der Waals surface area contributed by atoms with Gasteiger partial charge in [-0.25, -0.2) is 0 Å². The standard InChI is InChI=1S/C18H22N2O/c1-20(12-17-9-15-6-7-16(17)8-15)18(21)10-13-2-4-14(11-19)5-3-13/h2-5,15-17H,6-10,12H2,1H3. The van der Waals surface area contributed by atoms with E-state index >= 15 is 0 Å². The topological polar surface area (TPSA) is 44.1 Å². The lowest BCUT2D eigenvalue weighted by molar-refractivity contribution is -0.129. The van der Waals surface area contributed by atoms with Gasteiger partial charge in [-0.3, -0.25) is 4.79 Å². The van der Waals surface area contributed by atoms with Crippen LogP contribution in [0.15, 0.2) is 24.3 Å². The molecule has 0 radical (unpaired) electrons. The van der Waals surface area contributed by atoms with Crippen LogP contribution < -0.4 is 0 Å². The number of nitrogens with zero attached hydrogens (tertiary/aromatic N) is 2. The average Bonchev–Trinajstić information content (AvgIpc) is 3.10. The van der Waals surface area contributed by atoms with Crippen molar-refractivity contribution in [2.75, 3.05) is 13.6 Å². The molecule has 3 unspecified atom stereocenters. The molecule has 2 saturated carbocycles. The first kappa shape index (κ1) is 14.1. The highest BCUT2D eigenvalue weighted by Gasteiger charge is 2.39. The molecule has 3 nitrogen and oxygen atoms in total. The average molecular weight is 282 g/mol. The molecule has 0 spiro atoms. The number of carbonyl (C=O) groups is 1. The highest BCUT2D eigenvalue weighted by atomic mass is 16.2. The van der Waals surface area contributed by atoms with Crippen LogP contribution in [0.1, 0.15) is 36.8 Å². The number of amides is 1. The van der Waals surface area contributed by atoms with Gasteiger partial charge in [-0.15, -0.1) is 0 Å². The van der Waals surface area contributed by atoms with Crippen LogP contribution in [0, 0.1) is 29.1 Å². The molecule has 0 saturated heterocycles. The zero-order valence-corrected chi connectivity index (χ0v) is 12.6. The SMILES string of the molecule is CN(CC1CC2CCC1C2)C(=O)Cc1ccc(C#N)cc1. The minimum atomic E-state index is 0.183. The molecule has 3 rings (SSSR count). The van der Waals surface area contributed by atoms with Crippen LogP contribution in [0.4, 0.5) is 0 Å². The highest BCUT2D eigenvalue weighted by Crippen LogP contribution is 2.48. The fourth-order valence-corrected chi connectivity index (χ4v) is 4.06. The second kappa shape index (κ2) is 5.89. The van der Waals surface area contributed by atoms with Gasteiger partial charge in [-0.1, -0.05) is 18.6 Å². The summed E-state index contributed by atoms with van der Waals surface area (Å²) in [4.78, 5) is 14.2. The van der Waals surface area contributed by atoms with Gasteiger partial charge in [0.25, 0.3) is 0 Å². The first-order valence-corrected chi connectivity index (χ1v) is 7.88. The summed E-state index contributed by atoms with van der Waals surface area (Å²) in [5.41, 5.74) is 1.63. The molecular formula is C18H22N2O. The van der Waals surface area contributed by atoms with Crippen molar-refractivity contribution in [1.82, 2.24) is 4.90 Å². The minimum Gasteiger partial charge on any atom is -0.345 e. The molecule has 0 heterocycles. The van der Waals surface area contributed by atoms with Gasteiger partial charge < -0.3 is 4.90 Å². The van der Waals surface area contributed by atoms with Crippen molar-refractivity contribution >= 4 is 5.91 Å². The molecule has 110 valence electrons. The number of nitriles is 1. The van der Waals surface area contributed by atoms with E-state index < -0.39 is 0 Å². The van der Waals surface area contributed by atoms with Gasteiger partial charge in [0.15, 0.2) is 0 Å². The number of carbonyl (C=O) groups excluding carboxylic acids is 1. The molecule has 0 aromatic heterocycles. The van der Waals surface area contributed by atoms with Crippen molar-refractivity contribution in [2.45, 2.75) is 32.1 Å². The lowest BCUT2D eigenvalue weighted by Gasteiger charge is -2.27. The Kier molecular flexibility index (Phi) is 3.96. The van der Waals surface area contributed by atoms with Crippen LogP contribution in [0.3, 0.4) is 0 Å². The smallest absolute Gasteiger partial charge is 0.226 e. The Hall–Kier alpha value is -1.82. The predicted molar refractivity (Wildman–Crippen MR) is 81.4 cm³/mol. The van der Waals surface area contributed by atoms with E-state index in [2.05, 4.69) is 6.07 Å². The first-order valence-electron chi connectivity index (χ1n) is 7.88. The Morgan fingerprint density at radius 2 is 2.05 bits per heavy atom. The van der Waals surface area contributed by atoms with Crippen molar-refractivity contribution in [1.29, 1.82) is 5.26 Å². The third-order valence-electron chi connectivity index (χ3n) is 5.26. The molecule has 3 atom stereocenters. The zero-order valence-electron chi connectivity index (χ0n) is 12.6. The third-order valence-corrected chi connectivity index (χ3v) is 5.26. The van der Waals surface area contributed by atoms with Crippen LogP contribution in [-0.2, 0) is 11.2 Å². The van der Waals surface area contributed by atoms with E-state index in [4.69, 9.17) is 5.26 Å². The molecule has 1 aromatic rings. The molecule has 2 bridgehead atoms. The molecule has 0 N–H and O–H groups in total. The third kappa shape index (κ3) is 3.10. The number of fused-ring (bicyclic) bond motifs is 2. The Bertz CT molecular complexity index is 558. The van der Waals surface area contributed by atoms with E-state index in [1.165, 1.54) is 25.7 Å². The molecule has 2 fully saturated rings. The van der Waals surface area contributed by atoms with E-state index in [0.29, 0.717) is 12.0 Å². The van der Waals surface area contributed by atoms with Crippen LogP contribution in [0.25, 0.3) is 0 Å². The summed E-state index contributed by atoms with van der Waals surface area (Å²) in [5, 5.41) is 8.78. The summed E-state index contributed by atoms with van der Waals surface area (Å²) < 4.78 is 0. The van der Waals surface area contributed by atoms with E-state index in [-0.39, 0.29) is 5.91 Å². The fraction of sp³-hybridized carbons (Fsp3) is 0.556. The maximum absolute atomic E-state index is 12.3. The zero-order chi connectivity index (χ0) is 14.8. The number of rotatable bonds is 4. The molecule has 2 aliphatic carbocycles. The van der Waals surface area contributed by atoms with E-state index in [1.54, 1.807) is 12.1 Å². The summed E-state index contributed by atoms with van der Waals surface area (Å²) in [6, 6.07) is 9.40. The van der Waals surface area contributed by atoms with Gasteiger partial charge in [0, 0.05) is 13.6 Å². The normalized spacial score (nSPS) is 26.6. The molecule has 2 aliphatic rings. The van der Waals surface area contributed by atoms with Gasteiger partial charge in [0.2, 0.25) is 5.91 Å². The largest absolute Gasteiger partial charge is 0.345 e. The maximum Gasteiger partial charge on any atom is 0.226 e. The van der Waals surface area contributed by atoms with Crippen molar-refractivity contribution in [3.63, 3.8) is 0 Å². The van der Waals surface area contributed by atoms with Gasteiger partial charge in [0.05, 0.1) is 18.1 Å². The van der Waals surface area contributed by atoms with Gasteiger partial charge in [-0.2, -0.15) is 5.26 Å². The van der Waals surface area contributed by atoms with Crippen LogP contribution >= 0.6 is 0 Å². The van der Waals surface area contributed by atoms with E-state index in [0.717, 1.165) is 29.9 Å². The van der Waals surface area contributed by atoms with Gasteiger partial charge in [-0.05, 0) is 54.7 Å². The van der Waals surface area contributed by atoms with Crippen molar-refractivity contribution < 1.29 is 4.79 Å². The van der Waals surface area contributed by atoms with E-state index in [1.807, 2.05) is 24.1 Å². The summed E-state index contributed by atoms with van der Waals surface area (Å²) in [6.07, 6.45) is 5.92. The highest BCUT2D eigenvalue weighted by molar-refractivity contribution is 5.78. The van der Waals surface area contributed by atoms with E-state index in [9.17, 15) is 4.79 Å².